The average molecular weight is 324 g/mol. The first-order valence-corrected chi connectivity index (χ1v) is 7.14. The van der Waals surface area contributed by atoms with Gasteiger partial charge in [-0.15, -0.1) is 0 Å². The summed E-state index contributed by atoms with van der Waals surface area (Å²) in [7, 11) is 1.86. The molecule has 19 heavy (non-hydrogen) atoms. The van der Waals surface area contributed by atoms with Crippen molar-refractivity contribution in [2.75, 3.05) is 12.4 Å². The van der Waals surface area contributed by atoms with Crippen LogP contribution in [0.2, 0.25) is 0 Å². The SMILES string of the molecule is CCc1nc(-c2cncn2C(C)C)nc(NC)c1Br. The van der Waals surface area contributed by atoms with Crippen LogP contribution in [0.15, 0.2) is 17.0 Å². The third kappa shape index (κ3) is 2.63. The highest BCUT2D eigenvalue weighted by Gasteiger charge is 2.15. The Labute approximate surface area is 121 Å². The third-order valence-electron chi connectivity index (χ3n) is 2.94. The van der Waals surface area contributed by atoms with Crippen molar-refractivity contribution in [3.63, 3.8) is 0 Å². The molecule has 0 aliphatic rings. The molecule has 6 heteroatoms. The highest BCUT2D eigenvalue weighted by molar-refractivity contribution is 9.10. The van der Waals surface area contributed by atoms with Gasteiger partial charge in [-0.3, -0.25) is 0 Å². The van der Waals surface area contributed by atoms with E-state index in [1.807, 2.05) is 19.6 Å². The van der Waals surface area contributed by atoms with Gasteiger partial charge in [-0.2, -0.15) is 0 Å². The van der Waals surface area contributed by atoms with Crippen molar-refractivity contribution < 1.29 is 0 Å². The number of anilines is 1. The molecule has 2 rings (SSSR count). The van der Waals surface area contributed by atoms with Gasteiger partial charge < -0.3 is 9.88 Å². The fourth-order valence-electron chi connectivity index (χ4n) is 1.90. The zero-order valence-electron chi connectivity index (χ0n) is 11.6. The number of hydrogen-bond acceptors (Lipinski definition) is 4. The number of imidazole rings is 1. The first kappa shape index (κ1) is 14.0. The minimum absolute atomic E-state index is 0.327. The third-order valence-corrected chi connectivity index (χ3v) is 3.78. The fourth-order valence-corrected chi connectivity index (χ4v) is 2.55. The largest absolute Gasteiger partial charge is 0.372 e. The number of aryl methyl sites for hydroxylation is 1. The van der Waals surface area contributed by atoms with Gasteiger partial charge in [0.2, 0.25) is 0 Å². The Morgan fingerprint density at radius 3 is 2.68 bits per heavy atom. The van der Waals surface area contributed by atoms with Gasteiger partial charge in [0.1, 0.15) is 11.5 Å². The monoisotopic (exact) mass is 323 g/mol. The zero-order chi connectivity index (χ0) is 14.0. The minimum Gasteiger partial charge on any atom is -0.372 e. The van der Waals surface area contributed by atoms with Crippen LogP contribution in [-0.2, 0) is 6.42 Å². The molecule has 5 nitrogen and oxygen atoms in total. The zero-order valence-corrected chi connectivity index (χ0v) is 13.2. The first-order chi connectivity index (χ1) is 9.08. The molecule has 2 aromatic heterocycles. The van der Waals surface area contributed by atoms with Crippen molar-refractivity contribution in [1.29, 1.82) is 0 Å². The summed E-state index contributed by atoms with van der Waals surface area (Å²) in [5.74, 6) is 1.51. The molecule has 0 amide bonds. The molecule has 0 saturated heterocycles. The number of rotatable bonds is 4. The smallest absolute Gasteiger partial charge is 0.180 e. The van der Waals surface area contributed by atoms with E-state index in [0.29, 0.717) is 11.9 Å². The number of aromatic nitrogens is 4. The molecule has 0 atom stereocenters. The molecular weight excluding hydrogens is 306 g/mol. The maximum atomic E-state index is 4.63. The number of hydrogen-bond donors (Lipinski definition) is 1. The molecule has 2 aromatic rings. The Hall–Kier alpha value is -1.43. The first-order valence-electron chi connectivity index (χ1n) is 6.34. The molecule has 0 aromatic carbocycles. The molecule has 0 spiro atoms. The second-order valence-corrected chi connectivity index (χ2v) is 5.33. The van der Waals surface area contributed by atoms with Crippen LogP contribution in [-0.4, -0.2) is 26.6 Å². The van der Waals surface area contributed by atoms with Crippen LogP contribution in [0, 0.1) is 0 Å². The summed E-state index contributed by atoms with van der Waals surface area (Å²) in [4.78, 5) is 13.4. The van der Waals surface area contributed by atoms with Crippen molar-refractivity contribution in [2.45, 2.75) is 33.2 Å². The normalized spacial score (nSPS) is 11.1. The van der Waals surface area contributed by atoms with Crippen LogP contribution in [0.4, 0.5) is 5.82 Å². The van der Waals surface area contributed by atoms with E-state index in [2.05, 4.69) is 61.5 Å². The van der Waals surface area contributed by atoms with Gasteiger partial charge in [-0.05, 0) is 36.2 Å². The van der Waals surface area contributed by atoms with Gasteiger partial charge in [-0.1, -0.05) is 6.92 Å². The Kier molecular flexibility index (Phi) is 4.19. The summed E-state index contributed by atoms with van der Waals surface area (Å²) < 4.78 is 3.00. The van der Waals surface area contributed by atoms with Crippen LogP contribution in [0.25, 0.3) is 11.5 Å². The molecular formula is C13H18BrN5. The molecule has 1 N–H and O–H groups in total. The number of halogens is 1. The lowest BCUT2D eigenvalue weighted by atomic mass is 10.3. The summed E-state index contributed by atoms with van der Waals surface area (Å²) in [5.41, 5.74) is 1.93. The Morgan fingerprint density at radius 1 is 1.37 bits per heavy atom. The standard InChI is InChI=1S/C13H18BrN5/c1-5-9-11(14)13(15-4)18-12(17-9)10-6-16-7-19(10)8(2)3/h6-8H,5H2,1-4H3,(H,15,17,18). The molecule has 0 unspecified atom stereocenters. The van der Waals surface area contributed by atoms with Gasteiger partial charge in [-0.25, -0.2) is 15.0 Å². The quantitative estimate of drug-likeness (QED) is 0.938. The molecule has 0 aliphatic heterocycles. The predicted molar refractivity (Wildman–Crippen MR) is 80.3 cm³/mol. The van der Waals surface area contributed by atoms with E-state index in [-0.39, 0.29) is 0 Å². The predicted octanol–water partition coefficient (Wildman–Crippen LogP) is 3.29. The summed E-state index contributed by atoms with van der Waals surface area (Å²) in [5, 5.41) is 3.09. The lowest BCUT2D eigenvalue weighted by Crippen LogP contribution is -2.07. The van der Waals surface area contributed by atoms with E-state index in [0.717, 1.165) is 28.1 Å². The summed E-state index contributed by atoms with van der Waals surface area (Å²) in [6, 6.07) is 0.327. The fraction of sp³-hybridized carbons (Fsp3) is 0.462. The van der Waals surface area contributed by atoms with E-state index in [9.17, 15) is 0 Å². The van der Waals surface area contributed by atoms with Gasteiger partial charge in [0.05, 0.1) is 22.7 Å². The van der Waals surface area contributed by atoms with Gasteiger partial charge >= 0.3 is 0 Å². The van der Waals surface area contributed by atoms with Gasteiger partial charge in [0.15, 0.2) is 5.82 Å². The van der Waals surface area contributed by atoms with Crippen LogP contribution in [0.3, 0.4) is 0 Å². The number of nitrogens with one attached hydrogen (secondary N) is 1. The van der Waals surface area contributed by atoms with Gasteiger partial charge in [0.25, 0.3) is 0 Å². The second kappa shape index (κ2) is 5.69. The minimum atomic E-state index is 0.327. The average Bonchev–Trinajstić information content (AvgIpc) is 2.88. The number of nitrogens with zero attached hydrogens (tertiary/aromatic N) is 4. The maximum Gasteiger partial charge on any atom is 0.180 e. The van der Waals surface area contributed by atoms with Crippen molar-refractivity contribution in [1.82, 2.24) is 19.5 Å². The second-order valence-electron chi connectivity index (χ2n) is 4.54. The van der Waals surface area contributed by atoms with E-state index < -0.39 is 0 Å². The van der Waals surface area contributed by atoms with Gasteiger partial charge in [0, 0.05) is 13.1 Å². The highest BCUT2D eigenvalue weighted by atomic mass is 79.9. The van der Waals surface area contributed by atoms with Crippen LogP contribution in [0.1, 0.15) is 32.5 Å². The summed E-state index contributed by atoms with van der Waals surface area (Å²) in [6.07, 6.45) is 4.47. The van der Waals surface area contributed by atoms with E-state index in [1.165, 1.54) is 0 Å². The summed E-state index contributed by atoms with van der Waals surface area (Å²) >= 11 is 3.54. The molecule has 0 radical (unpaired) electrons. The Bertz CT molecular complexity index is 551. The molecule has 102 valence electrons. The van der Waals surface area contributed by atoms with E-state index in [4.69, 9.17) is 0 Å². The molecule has 0 bridgehead atoms. The molecule has 0 saturated carbocycles. The topological polar surface area (TPSA) is 55.6 Å². The van der Waals surface area contributed by atoms with Crippen molar-refractivity contribution >= 4 is 21.7 Å². The van der Waals surface area contributed by atoms with Crippen LogP contribution in [0.5, 0.6) is 0 Å². The van der Waals surface area contributed by atoms with E-state index >= 15 is 0 Å². The maximum absolute atomic E-state index is 4.63. The highest BCUT2D eigenvalue weighted by Crippen LogP contribution is 2.28. The van der Waals surface area contributed by atoms with Crippen LogP contribution >= 0.6 is 15.9 Å². The Morgan fingerprint density at radius 2 is 2.11 bits per heavy atom. The summed E-state index contributed by atoms with van der Waals surface area (Å²) in [6.45, 7) is 6.31. The van der Waals surface area contributed by atoms with Crippen molar-refractivity contribution in [2.24, 2.45) is 0 Å². The molecule has 0 aliphatic carbocycles. The van der Waals surface area contributed by atoms with Crippen molar-refractivity contribution in [3.05, 3.63) is 22.7 Å². The Balaban J connectivity index is 2.59. The van der Waals surface area contributed by atoms with E-state index in [1.54, 1.807) is 0 Å². The van der Waals surface area contributed by atoms with Crippen molar-refractivity contribution in [3.8, 4) is 11.5 Å². The lowest BCUT2D eigenvalue weighted by molar-refractivity contribution is 0.603. The molecule has 0 fully saturated rings. The lowest BCUT2D eigenvalue weighted by Gasteiger charge is -2.13. The molecule has 2 heterocycles. The van der Waals surface area contributed by atoms with Crippen LogP contribution < -0.4 is 5.32 Å².